The number of aliphatic hydroxyl groups is 1. The molecule has 5 rings (SSSR count). The summed E-state index contributed by atoms with van der Waals surface area (Å²) in [5.74, 6) is -0.271. The van der Waals surface area contributed by atoms with Gasteiger partial charge in [-0.1, -0.05) is 30.3 Å². The topological polar surface area (TPSA) is 152 Å². The zero-order chi connectivity index (χ0) is 30.6. The largest absolute Gasteiger partial charge is 0.388 e. The van der Waals surface area contributed by atoms with Crippen molar-refractivity contribution < 1.29 is 14.7 Å². The minimum Gasteiger partial charge on any atom is -0.388 e. The highest BCUT2D eigenvalue weighted by Gasteiger charge is 2.36. The Hall–Kier alpha value is -4.39. The quantitative estimate of drug-likeness (QED) is 0.254. The number of likely N-dealkylation sites (tertiary alicyclic amines) is 1. The first-order chi connectivity index (χ1) is 20.7. The van der Waals surface area contributed by atoms with E-state index in [9.17, 15) is 19.5 Å². The van der Waals surface area contributed by atoms with Crippen LogP contribution in [0.1, 0.15) is 29.6 Å². The van der Waals surface area contributed by atoms with Gasteiger partial charge in [-0.15, -0.1) is 0 Å². The lowest BCUT2D eigenvalue weighted by molar-refractivity contribution is -0.116. The average molecular weight is 587 g/mol. The molecule has 3 heterocycles. The lowest BCUT2D eigenvalue weighted by Crippen LogP contribution is -2.49. The summed E-state index contributed by atoms with van der Waals surface area (Å²) in [4.78, 5) is 47.2. The number of nitrogens with two attached hydrogens (primary N) is 1. The monoisotopic (exact) mass is 586 g/mol. The Labute approximate surface area is 249 Å². The molecule has 4 aromatic rings. The van der Waals surface area contributed by atoms with E-state index in [-0.39, 0.29) is 23.9 Å². The van der Waals surface area contributed by atoms with Gasteiger partial charge in [-0.3, -0.25) is 23.6 Å². The van der Waals surface area contributed by atoms with Crippen LogP contribution in [0.15, 0.2) is 65.8 Å². The Morgan fingerprint density at radius 1 is 1.12 bits per heavy atom. The molecule has 43 heavy (non-hydrogen) atoms. The number of anilines is 1. The van der Waals surface area contributed by atoms with Gasteiger partial charge in [0.25, 0.3) is 11.5 Å². The van der Waals surface area contributed by atoms with Crippen LogP contribution < -0.4 is 16.6 Å². The molecule has 0 unspecified atom stereocenters. The lowest BCUT2D eigenvalue weighted by Gasteiger charge is -2.38. The smallest absolute Gasteiger partial charge is 0.261 e. The van der Waals surface area contributed by atoms with Gasteiger partial charge in [0.2, 0.25) is 5.91 Å². The molecule has 0 aliphatic carbocycles. The van der Waals surface area contributed by atoms with Gasteiger partial charge < -0.3 is 26.0 Å². The number of amides is 2. The van der Waals surface area contributed by atoms with Gasteiger partial charge in [-0.05, 0) is 45.1 Å². The van der Waals surface area contributed by atoms with Crippen LogP contribution >= 0.6 is 0 Å². The second-order valence-corrected chi connectivity index (χ2v) is 11.3. The first-order valence-corrected chi connectivity index (χ1v) is 14.4. The molecule has 1 aliphatic heterocycles. The Kier molecular flexibility index (Phi) is 9.00. The Morgan fingerprint density at radius 2 is 1.86 bits per heavy atom. The van der Waals surface area contributed by atoms with Gasteiger partial charge in [0.15, 0.2) is 0 Å². The first-order valence-electron chi connectivity index (χ1n) is 14.4. The third-order valence-corrected chi connectivity index (χ3v) is 7.74. The maximum Gasteiger partial charge on any atom is 0.261 e. The number of fused-ring (bicyclic) bond motifs is 1. The third-order valence-electron chi connectivity index (χ3n) is 7.74. The van der Waals surface area contributed by atoms with Gasteiger partial charge in [-0.2, -0.15) is 5.10 Å². The van der Waals surface area contributed by atoms with Crippen molar-refractivity contribution >= 4 is 28.4 Å². The Balaban J connectivity index is 1.26. The number of hydrogen-bond donors (Lipinski definition) is 3. The van der Waals surface area contributed by atoms with E-state index < -0.39 is 5.60 Å². The molecule has 1 aliphatic rings. The molecule has 4 N–H and O–H groups in total. The molecule has 1 saturated heterocycles. The van der Waals surface area contributed by atoms with Crippen molar-refractivity contribution in [1.29, 1.82) is 0 Å². The standard InChI is InChI=1S/C31H38N8O4/c1-36(2)14-10-27(40)34-23-8-9-24-26(18-23)33-21-38(29(24)41)20-31(43)11-15-37(16-12-31)30(42)25-19-39(17-13-32)35-28(25)22-6-4-3-5-7-22/h3-9,18-19,21,43H,10-17,20,32H2,1-2H3,(H,34,40). The zero-order valence-electron chi connectivity index (χ0n) is 24.6. The molecule has 0 radical (unpaired) electrons. The van der Waals surface area contributed by atoms with Crippen LogP contribution in [-0.2, 0) is 17.9 Å². The number of piperidine rings is 1. The summed E-state index contributed by atoms with van der Waals surface area (Å²) in [5.41, 5.74) is 7.24. The maximum atomic E-state index is 13.6. The van der Waals surface area contributed by atoms with E-state index in [2.05, 4.69) is 15.4 Å². The van der Waals surface area contributed by atoms with Gasteiger partial charge in [0.1, 0.15) is 5.69 Å². The molecule has 12 nitrogen and oxygen atoms in total. The normalized spacial score (nSPS) is 14.8. The summed E-state index contributed by atoms with van der Waals surface area (Å²) in [6, 6.07) is 14.5. The molecule has 0 bridgehead atoms. The first kappa shape index (κ1) is 30.1. The van der Waals surface area contributed by atoms with Crippen molar-refractivity contribution in [3.8, 4) is 11.3 Å². The van der Waals surface area contributed by atoms with Crippen molar-refractivity contribution in [2.24, 2.45) is 5.73 Å². The van der Waals surface area contributed by atoms with E-state index >= 15 is 0 Å². The van der Waals surface area contributed by atoms with E-state index in [4.69, 9.17) is 5.73 Å². The summed E-state index contributed by atoms with van der Waals surface area (Å²) < 4.78 is 3.11. The van der Waals surface area contributed by atoms with Gasteiger partial charge in [0, 0.05) is 50.0 Å². The lowest BCUT2D eigenvalue weighted by atomic mass is 9.90. The van der Waals surface area contributed by atoms with Gasteiger partial charge in [-0.25, -0.2) is 4.98 Å². The fourth-order valence-electron chi connectivity index (χ4n) is 5.30. The fourth-order valence-corrected chi connectivity index (χ4v) is 5.30. The molecular formula is C31H38N8O4. The number of benzene rings is 2. The van der Waals surface area contributed by atoms with Crippen molar-refractivity contribution in [2.45, 2.75) is 38.0 Å². The molecule has 0 saturated carbocycles. The van der Waals surface area contributed by atoms with E-state index in [1.54, 1.807) is 34.0 Å². The highest BCUT2D eigenvalue weighted by molar-refractivity contribution is 6.00. The predicted octanol–water partition coefficient (Wildman–Crippen LogP) is 1.78. The van der Waals surface area contributed by atoms with Crippen LogP contribution in [-0.4, -0.2) is 91.9 Å². The molecule has 2 amide bonds. The number of nitrogens with zero attached hydrogens (tertiary/aromatic N) is 6. The molecule has 12 heteroatoms. The van der Waals surface area contributed by atoms with Crippen molar-refractivity contribution in [3.05, 3.63) is 77.0 Å². The average Bonchev–Trinajstić information content (AvgIpc) is 3.42. The third kappa shape index (κ3) is 6.99. The number of carbonyl (C=O) groups is 2. The number of nitrogens with one attached hydrogen (secondary N) is 1. The predicted molar refractivity (Wildman–Crippen MR) is 165 cm³/mol. The van der Waals surface area contributed by atoms with E-state index in [0.29, 0.717) is 79.8 Å². The molecule has 1 fully saturated rings. The highest BCUT2D eigenvalue weighted by Crippen LogP contribution is 2.28. The second-order valence-electron chi connectivity index (χ2n) is 11.3. The second kappa shape index (κ2) is 12.9. The Bertz CT molecular complexity index is 1660. The van der Waals surface area contributed by atoms with Gasteiger partial charge in [0.05, 0.1) is 41.5 Å². The van der Waals surface area contributed by atoms with E-state index in [1.807, 2.05) is 49.3 Å². The minimum atomic E-state index is -1.18. The molecule has 226 valence electrons. The molecule has 2 aromatic heterocycles. The van der Waals surface area contributed by atoms with Crippen LogP contribution in [0.3, 0.4) is 0 Å². The van der Waals surface area contributed by atoms with Crippen LogP contribution in [0.2, 0.25) is 0 Å². The van der Waals surface area contributed by atoms with Crippen molar-refractivity contribution in [1.82, 2.24) is 29.1 Å². The van der Waals surface area contributed by atoms with E-state index in [1.165, 1.54) is 10.9 Å². The molecule has 0 spiro atoms. The SMILES string of the molecule is CN(C)CCC(=O)Nc1ccc2c(=O)n(CC3(O)CCN(C(=O)c4cn(CCN)nc4-c4ccccc4)CC3)cnc2c1. The number of carbonyl (C=O) groups excluding carboxylic acids is 2. The summed E-state index contributed by atoms with van der Waals surface area (Å²) in [6.07, 6.45) is 4.13. The van der Waals surface area contributed by atoms with Crippen LogP contribution in [0.4, 0.5) is 5.69 Å². The van der Waals surface area contributed by atoms with Crippen LogP contribution in [0, 0.1) is 0 Å². The van der Waals surface area contributed by atoms with Gasteiger partial charge >= 0.3 is 0 Å². The summed E-state index contributed by atoms with van der Waals surface area (Å²) in [6.45, 7) is 2.25. The summed E-state index contributed by atoms with van der Waals surface area (Å²) in [7, 11) is 3.81. The number of rotatable bonds is 10. The summed E-state index contributed by atoms with van der Waals surface area (Å²) >= 11 is 0. The van der Waals surface area contributed by atoms with Crippen molar-refractivity contribution in [3.63, 3.8) is 0 Å². The molecular weight excluding hydrogens is 548 g/mol. The van der Waals surface area contributed by atoms with Crippen molar-refractivity contribution in [2.75, 3.05) is 45.6 Å². The fraction of sp³-hybridized carbons (Fsp3) is 0.387. The van der Waals surface area contributed by atoms with Crippen LogP contribution in [0.5, 0.6) is 0 Å². The minimum absolute atomic E-state index is 0.0591. The Morgan fingerprint density at radius 3 is 2.56 bits per heavy atom. The maximum absolute atomic E-state index is 13.6. The molecule has 2 aromatic carbocycles. The van der Waals surface area contributed by atoms with E-state index in [0.717, 1.165) is 5.56 Å². The molecule has 0 atom stereocenters. The summed E-state index contributed by atoms with van der Waals surface area (Å²) in [5, 5.41) is 19.3. The van der Waals surface area contributed by atoms with Crippen LogP contribution in [0.25, 0.3) is 22.2 Å². The zero-order valence-corrected chi connectivity index (χ0v) is 24.6. The number of aromatic nitrogens is 4. The number of hydrogen-bond acceptors (Lipinski definition) is 8. The highest BCUT2D eigenvalue weighted by atomic mass is 16.3.